The normalized spacial score (nSPS) is 11.3. The summed E-state index contributed by atoms with van der Waals surface area (Å²) in [5.41, 5.74) is 2.95. The Bertz CT molecular complexity index is 656. The minimum absolute atomic E-state index is 0.184. The Labute approximate surface area is 135 Å². The Morgan fingerprint density at radius 3 is 2.95 bits per heavy atom. The van der Waals surface area contributed by atoms with Gasteiger partial charge in [0.25, 0.3) is 5.91 Å². The average molecular weight is 372 g/mol. The molecule has 0 aliphatic rings. The number of nitrogens with one attached hydrogen (secondary N) is 1. The van der Waals surface area contributed by atoms with E-state index in [1.165, 1.54) is 6.26 Å². The van der Waals surface area contributed by atoms with E-state index in [9.17, 15) is 4.79 Å². The van der Waals surface area contributed by atoms with Gasteiger partial charge in [0.2, 0.25) is 0 Å². The van der Waals surface area contributed by atoms with Crippen LogP contribution in [0, 0.1) is 0 Å². The third-order valence-electron chi connectivity index (χ3n) is 2.48. The summed E-state index contributed by atoms with van der Waals surface area (Å²) in [7, 11) is 0. The quantitative estimate of drug-likeness (QED) is 0.645. The molecule has 0 radical (unpaired) electrons. The molecule has 2 rings (SSSR count). The van der Waals surface area contributed by atoms with Gasteiger partial charge in [-0.1, -0.05) is 27.5 Å². The summed E-state index contributed by atoms with van der Waals surface area (Å²) in [4.78, 5) is 11.6. The maximum absolute atomic E-state index is 11.6. The first-order valence-electron chi connectivity index (χ1n) is 6.01. The van der Waals surface area contributed by atoms with Crippen LogP contribution in [0.15, 0.2) is 50.6 Å². The molecule has 21 heavy (non-hydrogen) atoms. The molecule has 1 aromatic carbocycles. The molecular weight excluding hydrogens is 360 g/mol. The molecule has 1 aromatic heterocycles. The van der Waals surface area contributed by atoms with Gasteiger partial charge < -0.3 is 9.15 Å². The Kier molecular flexibility index (Phi) is 5.41. The van der Waals surface area contributed by atoms with Gasteiger partial charge in [-0.3, -0.25) is 4.79 Å². The van der Waals surface area contributed by atoms with Crippen molar-refractivity contribution >= 4 is 39.1 Å². The first-order valence-corrected chi connectivity index (χ1v) is 7.18. The molecule has 2 aromatic rings. The van der Waals surface area contributed by atoms with Crippen LogP contribution in [0.3, 0.4) is 0 Å². The summed E-state index contributed by atoms with van der Waals surface area (Å²) < 4.78 is 11.3. The first kappa shape index (κ1) is 15.6. The lowest BCUT2D eigenvalue weighted by molar-refractivity contribution is -0.123. The van der Waals surface area contributed by atoms with Gasteiger partial charge in [0, 0.05) is 4.47 Å². The van der Waals surface area contributed by atoms with Crippen LogP contribution in [-0.2, 0) is 4.79 Å². The molecule has 7 heteroatoms. The van der Waals surface area contributed by atoms with Crippen molar-refractivity contribution in [3.63, 3.8) is 0 Å². The van der Waals surface area contributed by atoms with Crippen LogP contribution in [0.1, 0.15) is 12.7 Å². The predicted octanol–water partition coefficient (Wildman–Crippen LogP) is 3.61. The highest BCUT2D eigenvalue weighted by Gasteiger charge is 2.06. The number of furan rings is 1. The number of hydrogen-bond acceptors (Lipinski definition) is 4. The van der Waals surface area contributed by atoms with Gasteiger partial charge in [0.1, 0.15) is 17.2 Å². The molecule has 0 aliphatic heterocycles. The van der Waals surface area contributed by atoms with Crippen molar-refractivity contribution in [3.8, 4) is 5.75 Å². The van der Waals surface area contributed by atoms with Gasteiger partial charge in [-0.05, 0) is 37.3 Å². The number of hydrogen-bond donors (Lipinski definition) is 1. The summed E-state index contributed by atoms with van der Waals surface area (Å²) in [6.45, 7) is 1.54. The van der Waals surface area contributed by atoms with Gasteiger partial charge >= 0.3 is 0 Å². The van der Waals surface area contributed by atoms with Gasteiger partial charge in [0.15, 0.2) is 6.61 Å². The molecule has 0 saturated carbocycles. The predicted molar refractivity (Wildman–Crippen MR) is 83.7 cm³/mol. The van der Waals surface area contributed by atoms with Gasteiger partial charge in [-0.25, -0.2) is 5.43 Å². The Balaban J connectivity index is 1.86. The standard InChI is InChI=1S/C14H12BrClN2O3/c1-9(12-3-2-6-20-12)17-18-14(19)8-21-13-5-4-10(15)7-11(13)16/h2-7H,8H2,1H3,(H,18,19)/b17-9+. The zero-order valence-corrected chi connectivity index (χ0v) is 13.4. The first-order chi connectivity index (χ1) is 10.1. The highest BCUT2D eigenvalue weighted by molar-refractivity contribution is 9.10. The van der Waals surface area contributed by atoms with Crippen molar-refractivity contribution in [1.82, 2.24) is 5.43 Å². The summed E-state index contributed by atoms with van der Waals surface area (Å²) in [6, 6.07) is 8.64. The molecule has 1 N–H and O–H groups in total. The number of ether oxygens (including phenoxy) is 1. The molecule has 5 nitrogen and oxygen atoms in total. The monoisotopic (exact) mass is 370 g/mol. The van der Waals surface area contributed by atoms with E-state index in [0.717, 1.165) is 4.47 Å². The van der Waals surface area contributed by atoms with Crippen molar-refractivity contribution in [1.29, 1.82) is 0 Å². The molecule has 0 fully saturated rings. The molecule has 0 bridgehead atoms. The number of carbonyl (C=O) groups excluding carboxylic acids is 1. The topological polar surface area (TPSA) is 63.8 Å². The van der Waals surface area contributed by atoms with Crippen LogP contribution in [0.25, 0.3) is 0 Å². The second-order valence-corrected chi connectivity index (χ2v) is 5.40. The van der Waals surface area contributed by atoms with Crippen LogP contribution in [-0.4, -0.2) is 18.2 Å². The molecule has 0 saturated heterocycles. The smallest absolute Gasteiger partial charge is 0.277 e. The van der Waals surface area contributed by atoms with Gasteiger partial charge in [-0.15, -0.1) is 0 Å². The highest BCUT2D eigenvalue weighted by atomic mass is 79.9. The van der Waals surface area contributed by atoms with Crippen molar-refractivity contribution in [2.45, 2.75) is 6.92 Å². The van der Waals surface area contributed by atoms with Crippen LogP contribution >= 0.6 is 27.5 Å². The van der Waals surface area contributed by atoms with Crippen molar-refractivity contribution in [2.75, 3.05) is 6.61 Å². The van der Waals surface area contributed by atoms with E-state index in [2.05, 4.69) is 26.5 Å². The summed E-state index contributed by atoms with van der Waals surface area (Å²) in [5.74, 6) is 0.633. The molecular formula is C14H12BrClN2O3. The van der Waals surface area contributed by atoms with E-state index in [4.69, 9.17) is 20.8 Å². The lowest BCUT2D eigenvalue weighted by Crippen LogP contribution is -2.25. The highest BCUT2D eigenvalue weighted by Crippen LogP contribution is 2.27. The maximum atomic E-state index is 11.6. The van der Waals surface area contributed by atoms with Gasteiger partial charge in [-0.2, -0.15) is 5.10 Å². The minimum Gasteiger partial charge on any atom is -0.482 e. The SMILES string of the molecule is C/C(=N\NC(=O)COc1ccc(Br)cc1Cl)c1ccco1. The largest absolute Gasteiger partial charge is 0.482 e. The average Bonchev–Trinajstić information content (AvgIpc) is 2.98. The summed E-state index contributed by atoms with van der Waals surface area (Å²) in [5, 5.41) is 4.34. The number of hydrazone groups is 1. The minimum atomic E-state index is -0.389. The maximum Gasteiger partial charge on any atom is 0.277 e. The summed E-state index contributed by atoms with van der Waals surface area (Å²) in [6.07, 6.45) is 1.54. The number of halogens is 2. The number of amides is 1. The van der Waals surface area contributed by atoms with E-state index >= 15 is 0 Å². The molecule has 1 heterocycles. The molecule has 0 atom stereocenters. The number of carbonyl (C=O) groups is 1. The fourth-order valence-electron chi connectivity index (χ4n) is 1.45. The van der Waals surface area contributed by atoms with Crippen LogP contribution in [0.2, 0.25) is 5.02 Å². The number of rotatable bonds is 5. The lowest BCUT2D eigenvalue weighted by Gasteiger charge is -2.07. The Hall–Kier alpha value is -1.79. The second-order valence-electron chi connectivity index (χ2n) is 4.07. The molecule has 110 valence electrons. The zero-order valence-electron chi connectivity index (χ0n) is 11.1. The van der Waals surface area contributed by atoms with Crippen molar-refractivity contribution in [2.24, 2.45) is 5.10 Å². The van der Waals surface area contributed by atoms with Crippen molar-refractivity contribution in [3.05, 3.63) is 51.9 Å². The van der Waals surface area contributed by atoms with E-state index in [1.54, 1.807) is 37.3 Å². The van der Waals surface area contributed by atoms with E-state index in [-0.39, 0.29) is 12.5 Å². The third kappa shape index (κ3) is 4.61. The van der Waals surface area contributed by atoms with Crippen LogP contribution < -0.4 is 10.2 Å². The van der Waals surface area contributed by atoms with Gasteiger partial charge in [0.05, 0.1) is 11.3 Å². The molecule has 0 aliphatic carbocycles. The zero-order chi connectivity index (χ0) is 15.2. The molecule has 0 unspecified atom stereocenters. The van der Waals surface area contributed by atoms with E-state index in [0.29, 0.717) is 22.2 Å². The number of nitrogens with zero attached hydrogens (tertiary/aromatic N) is 1. The Morgan fingerprint density at radius 1 is 1.48 bits per heavy atom. The summed E-state index contributed by atoms with van der Waals surface area (Å²) >= 11 is 9.27. The Morgan fingerprint density at radius 2 is 2.29 bits per heavy atom. The van der Waals surface area contributed by atoms with E-state index < -0.39 is 0 Å². The van der Waals surface area contributed by atoms with Crippen molar-refractivity contribution < 1.29 is 13.9 Å². The molecule has 0 spiro atoms. The van der Waals surface area contributed by atoms with Crippen LogP contribution in [0.4, 0.5) is 0 Å². The fourth-order valence-corrected chi connectivity index (χ4v) is 2.18. The fraction of sp³-hybridized carbons (Fsp3) is 0.143. The lowest BCUT2D eigenvalue weighted by atomic mass is 10.3. The van der Waals surface area contributed by atoms with E-state index in [1.807, 2.05) is 0 Å². The third-order valence-corrected chi connectivity index (χ3v) is 3.27. The second kappa shape index (κ2) is 7.28. The molecule has 1 amide bonds. The van der Waals surface area contributed by atoms with Crippen LogP contribution in [0.5, 0.6) is 5.75 Å². The number of benzene rings is 1.